The Balaban J connectivity index is 1.80. The highest BCUT2D eigenvalue weighted by atomic mass is 16.5. The van der Waals surface area contributed by atoms with Crippen molar-refractivity contribution in [3.63, 3.8) is 0 Å². The van der Waals surface area contributed by atoms with Crippen LogP contribution in [-0.4, -0.2) is 29.4 Å². The third kappa shape index (κ3) is 5.77. The van der Waals surface area contributed by atoms with E-state index in [2.05, 4.69) is 15.8 Å². The highest BCUT2D eigenvalue weighted by Gasteiger charge is 2.15. The molecule has 0 aliphatic heterocycles. The molecule has 0 saturated heterocycles. The van der Waals surface area contributed by atoms with Crippen molar-refractivity contribution in [3.05, 3.63) is 68.6 Å². The van der Waals surface area contributed by atoms with Gasteiger partial charge in [0.1, 0.15) is 11.6 Å². The molecular formula is C20H20N4O5. The van der Waals surface area contributed by atoms with E-state index in [1.165, 1.54) is 0 Å². The SMILES string of the molecule is Cc1[nH]c(=O)c(C#N)c(C)c1CCC(=O)OCC(=O)NNC(=O)c1ccccc1. The number of aromatic nitrogens is 1. The number of hydrogen-bond donors (Lipinski definition) is 3. The van der Waals surface area contributed by atoms with Crippen molar-refractivity contribution in [2.45, 2.75) is 26.7 Å². The second-order valence-corrected chi connectivity index (χ2v) is 6.20. The molecule has 0 fully saturated rings. The summed E-state index contributed by atoms with van der Waals surface area (Å²) in [6.45, 7) is 2.77. The van der Waals surface area contributed by atoms with E-state index in [1.54, 1.807) is 44.2 Å². The summed E-state index contributed by atoms with van der Waals surface area (Å²) in [5, 5.41) is 9.06. The lowest BCUT2D eigenvalue weighted by molar-refractivity contribution is -0.148. The summed E-state index contributed by atoms with van der Waals surface area (Å²) in [6, 6.07) is 10.1. The molecule has 0 unspecified atom stereocenters. The van der Waals surface area contributed by atoms with E-state index < -0.39 is 29.9 Å². The standard InChI is InChI=1S/C20H20N4O5/c1-12-15(13(2)22-20(28)16(12)10-21)8-9-18(26)29-11-17(25)23-24-19(27)14-6-4-3-5-7-14/h3-7H,8-9,11H2,1-2H3,(H,22,28)(H,23,25)(H,24,27). The predicted molar refractivity (Wildman–Crippen MR) is 103 cm³/mol. The van der Waals surface area contributed by atoms with Gasteiger partial charge in [0.15, 0.2) is 6.61 Å². The van der Waals surface area contributed by atoms with Crippen LogP contribution in [0.1, 0.15) is 39.2 Å². The number of carbonyl (C=O) groups excluding carboxylic acids is 3. The molecule has 0 saturated carbocycles. The average Bonchev–Trinajstić information content (AvgIpc) is 2.71. The number of nitriles is 1. The van der Waals surface area contributed by atoms with Crippen LogP contribution in [0, 0.1) is 25.2 Å². The van der Waals surface area contributed by atoms with Gasteiger partial charge < -0.3 is 9.72 Å². The summed E-state index contributed by atoms with van der Waals surface area (Å²) < 4.78 is 4.88. The van der Waals surface area contributed by atoms with Crippen LogP contribution in [0.3, 0.4) is 0 Å². The molecule has 1 aromatic carbocycles. The smallest absolute Gasteiger partial charge is 0.306 e. The first-order valence-corrected chi connectivity index (χ1v) is 8.75. The van der Waals surface area contributed by atoms with Crippen molar-refractivity contribution in [2.75, 3.05) is 6.61 Å². The molecule has 2 aromatic rings. The molecule has 0 atom stereocenters. The molecule has 0 radical (unpaired) electrons. The maximum Gasteiger partial charge on any atom is 0.306 e. The second kappa shape index (κ2) is 9.85. The lowest BCUT2D eigenvalue weighted by Crippen LogP contribution is -2.43. The summed E-state index contributed by atoms with van der Waals surface area (Å²) in [5.41, 5.74) is 6.05. The zero-order valence-corrected chi connectivity index (χ0v) is 16.0. The summed E-state index contributed by atoms with van der Waals surface area (Å²) >= 11 is 0. The van der Waals surface area contributed by atoms with Crippen molar-refractivity contribution in [3.8, 4) is 6.07 Å². The number of aryl methyl sites for hydroxylation is 1. The molecule has 2 amide bonds. The molecule has 0 aliphatic carbocycles. The highest BCUT2D eigenvalue weighted by molar-refractivity contribution is 5.95. The van der Waals surface area contributed by atoms with Gasteiger partial charge in [-0.3, -0.25) is 30.0 Å². The molecule has 29 heavy (non-hydrogen) atoms. The van der Waals surface area contributed by atoms with Crippen molar-refractivity contribution < 1.29 is 19.1 Å². The first-order chi connectivity index (χ1) is 13.8. The van der Waals surface area contributed by atoms with Gasteiger partial charge in [-0.15, -0.1) is 0 Å². The van der Waals surface area contributed by atoms with Gasteiger partial charge in [0.05, 0.1) is 0 Å². The Morgan fingerprint density at radius 3 is 2.48 bits per heavy atom. The Bertz CT molecular complexity index is 1020. The largest absolute Gasteiger partial charge is 0.455 e. The number of H-pyrrole nitrogens is 1. The number of carbonyl (C=O) groups is 3. The van der Waals surface area contributed by atoms with Gasteiger partial charge in [0, 0.05) is 17.7 Å². The molecule has 3 N–H and O–H groups in total. The molecule has 0 spiro atoms. The van der Waals surface area contributed by atoms with E-state index in [0.717, 1.165) is 0 Å². The number of hydrazine groups is 1. The number of nitrogens with one attached hydrogen (secondary N) is 3. The number of pyridine rings is 1. The number of rotatable bonds is 6. The topological polar surface area (TPSA) is 141 Å². The third-order valence-electron chi connectivity index (χ3n) is 4.22. The lowest BCUT2D eigenvalue weighted by Gasteiger charge is -2.11. The van der Waals surface area contributed by atoms with Crippen LogP contribution in [0.15, 0.2) is 35.1 Å². The Morgan fingerprint density at radius 1 is 1.14 bits per heavy atom. The van der Waals surface area contributed by atoms with E-state index >= 15 is 0 Å². The van der Waals surface area contributed by atoms with Gasteiger partial charge in [-0.05, 0) is 43.5 Å². The lowest BCUT2D eigenvalue weighted by atomic mass is 9.99. The van der Waals surface area contributed by atoms with Crippen LogP contribution in [0.2, 0.25) is 0 Å². The van der Waals surface area contributed by atoms with Crippen LogP contribution >= 0.6 is 0 Å². The van der Waals surface area contributed by atoms with Gasteiger partial charge in [0.25, 0.3) is 17.4 Å². The van der Waals surface area contributed by atoms with Crippen molar-refractivity contribution in [2.24, 2.45) is 0 Å². The quantitative estimate of drug-likeness (QED) is 0.487. The Labute approximate surface area is 166 Å². The summed E-state index contributed by atoms with van der Waals surface area (Å²) in [6.07, 6.45) is 0.205. The summed E-state index contributed by atoms with van der Waals surface area (Å²) in [5.74, 6) is -1.81. The predicted octanol–water partition coefficient (Wildman–Crippen LogP) is 0.800. The fourth-order valence-electron chi connectivity index (χ4n) is 2.69. The first kappa shape index (κ1) is 21.4. The van der Waals surface area contributed by atoms with Crippen LogP contribution in [0.4, 0.5) is 0 Å². The van der Waals surface area contributed by atoms with Gasteiger partial charge in [-0.25, -0.2) is 0 Å². The minimum atomic E-state index is -0.689. The third-order valence-corrected chi connectivity index (χ3v) is 4.22. The van der Waals surface area contributed by atoms with Gasteiger partial charge in [0.2, 0.25) is 0 Å². The maximum absolute atomic E-state index is 11.9. The van der Waals surface area contributed by atoms with E-state index in [9.17, 15) is 19.2 Å². The van der Waals surface area contributed by atoms with E-state index in [1.807, 2.05) is 6.07 Å². The number of esters is 1. The number of ether oxygens (including phenoxy) is 1. The normalized spacial score (nSPS) is 9.97. The van der Waals surface area contributed by atoms with Gasteiger partial charge >= 0.3 is 5.97 Å². The molecule has 150 valence electrons. The first-order valence-electron chi connectivity index (χ1n) is 8.75. The number of aromatic amines is 1. The molecule has 0 bridgehead atoms. The molecule has 0 aliphatic rings. The molecule has 9 heteroatoms. The molecule has 2 rings (SSSR count). The average molecular weight is 396 g/mol. The Hall–Kier alpha value is -3.93. The number of benzene rings is 1. The Kier molecular flexibility index (Phi) is 7.26. The zero-order chi connectivity index (χ0) is 21.4. The van der Waals surface area contributed by atoms with E-state index in [0.29, 0.717) is 22.4 Å². The Morgan fingerprint density at radius 2 is 1.83 bits per heavy atom. The zero-order valence-electron chi connectivity index (χ0n) is 16.0. The van der Waals surface area contributed by atoms with Crippen LogP contribution in [0.5, 0.6) is 0 Å². The van der Waals surface area contributed by atoms with E-state index in [4.69, 9.17) is 10.00 Å². The fraction of sp³-hybridized carbons (Fsp3) is 0.250. The van der Waals surface area contributed by atoms with Crippen LogP contribution < -0.4 is 16.4 Å². The molecule has 9 nitrogen and oxygen atoms in total. The molecule has 1 heterocycles. The van der Waals surface area contributed by atoms with E-state index in [-0.39, 0.29) is 18.4 Å². The maximum atomic E-state index is 11.9. The fourth-order valence-corrected chi connectivity index (χ4v) is 2.69. The van der Waals surface area contributed by atoms with Crippen molar-refractivity contribution in [1.29, 1.82) is 5.26 Å². The molecule has 1 aromatic heterocycles. The van der Waals surface area contributed by atoms with Gasteiger partial charge in [-0.1, -0.05) is 18.2 Å². The number of hydrogen-bond acceptors (Lipinski definition) is 6. The van der Waals surface area contributed by atoms with Crippen LogP contribution in [0.25, 0.3) is 0 Å². The van der Waals surface area contributed by atoms with Crippen LogP contribution in [-0.2, 0) is 20.7 Å². The number of nitrogens with zero attached hydrogens (tertiary/aromatic N) is 1. The number of amides is 2. The van der Waals surface area contributed by atoms with Crippen molar-refractivity contribution in [1.82, 2.24) is 15.8 Å². The summed E-state index contributed by atoms with van der Waals surface area (Å²) in [4.78, 5) is 49.7. The monoisotopic (exact) mass is 396 g/mol. The highest BCUT2D eigenvalue weighted by Crippen LogP contribution is 2.15. The van der Waals surface area contributed by atoms with Gasteiger partial charge in [-0.2, -0.15) is 5.26 Å². The summed E-state index contributed by atoms with van der Waals surface area (Å²) in [7, 11) is 0. The minimum Gasteiger partial charge on any atom is -0.455 e. The minimum absolute atomic E-state index is 0.00695. The van der Waals surface area contributed by atoms with Crippen molar-refractivity contribution >= 4 is 17.8 Å². The second-order valence-electron chi connectivity index (χ2n) is 6.20. The molecular weight excluding hydrogens is 376 g/mol.